The van der Waals surface area contributed by atoms with Gasteiger partial charge in [-0.05, 0) is 70.4 Å². The monoisotopic (exact) mass is 526 g/mol. The molecule has 1 unspecified atom stereocenters. The van der Waals surface area contributed by atoms with Crippen LogP contribution in [0, 0.1) is 10.1 Å². The third-order valence-corrected chi connectivity index (χ3v) is 6.88. The van der Waals surface area contributed by atoms with Crippen molar-refractivity contribution in [1.82, 2.24) is 4.90 Å². The number of non-ortho nitro benzene ring substituents is 1. The van der Waals surface area contributed by atoms with Gasteiger partial charge in [0.2, 0.25) is 0 Å². The number of carbonyl (C=O) groups excluding carboxylic acids is 1. The highest BCUT2D eigenvalue weighted by atomic mass is 32.2. The van der Waals surface area contributed by atoms with Crippen LogP contribution in [0.4, 0.5) is 10.5 Å². The molecule has 0 fully saturated rings. The number of aliphatic hydroxyl groups excluding tert-OH is 1. The molecule has 3 N–H and O–H groups in total. The Morgan fingerprint density at radius 3 is 2.49 bits per heavy atom. The minimum Gasteiger partial charge on any atom is -0.478 e. The first-order valence-electron chi connectivity index (χ1n) is 11.1. The van der Waals surface area contributed by atoms with Gasteiger partial charge in [0.15, 0.2) is 6.04 Å². The molecular formula is C23H32N3O7S2+. The number of allylic oxidation sites excluding steroid dienone is 1. The number of carboxylic acid groups (broad SMARTS) is 1. The third-order valence-electron chi connectivity index (χ3n) is 5.02. The number of ether oxygens (including phenoxy) is 1. The van der Waals surface area contributed by atoms with Crippen molar-refractivity contribution < 1.29 is 34.5 Å². The van der Waals surface area contributed by atoms with Crippen molar-refractivity contribution in [2.45, 2.75) is 63.5 Å². The number of nitrogens with zero attached hydrogens (tertiary/aromatic N) is 2. The number of benzene rings is 1. The summed E-state index contributed by atoms with van der Waals surface area (Å²) in [6, 6.07) is 3.14. The maximum atomic E-state index is 13.4. The molecule has 1 amide bonds. The standard InChI is InChI=1S/C23H31N3O7S2/c1-14-18(20(28)29)19(25(21(24-14)34-5)22(30)33-23(2,3)4)16-13-15(26(31)32)9-10-17(16)35-12-8-6-7-11-27/h9-10,13,19,27H,6-8,11-12H2,1-5H3,(H,28,29)/p+1. The SMILES string of the molecule is CSC1=[NH+]C(C)=C(C(=O)O)C(c2cc([N+](=O)[O-])ccc2SCCCCCO)N1C(=O)OC(C)(C)C. The Hall–Kier alpha value is -2.57. The number of aliphatic hydroxyl groups is 1. The molecule has 0 saturated carbocycles. The van der Waals surface area contributed by atoms with Crippen LogP contribution in [-0.2, 0) is 9.53 Å². The molecule has 0 bridgehead atoms. The van der Waals surface area contributed by atoms with Gasteiger partial charge in [-0.2, -0.15) is 4.79 Å². The fourth-order valence-corrected chi connectivity index (χ4v) is 5.23. The predicted molar refractivity (Wildman–Crippen MR) is 135 cm³/mol. The lowest BCUT2D eigenvalue weighted by Gasteiger charge is -2.31. The number of carboxylic acids is 1. The maximum Gasteiger partial charge on any atom is 0.508 e. The van der Waals surface area contributed by atoms with Crippen molar-refractivity contribution in [3.8, 4) is 0 Å². The van der Waals surface area contributed by atoms with Crippen LogP contribution in [0.3, 0.4) is 0 Å². The van der Waals surface area contributed by atoms with Crippen LogP contribution < -0.4 is 4.99 Å². The number of nitrogens with one attached hydrogen (secondary N) is 1. The second kappa shape index (κ2) is 12.4. The molecule has 1 aromatic carbocycles. The van der Waals surface area contributed by atoms with Gasteiger partial charge in [-0.25, -0.2) is 9.79 Å². The van der Waals surface area contributed by atoms with E-state index in [1.807, 2.05) is 0 Å². The number of amidine groups is 1. The summed E-state index contributed by atoms with van der Waals surface area (Å²) in [6.45, 7) is 6.81. The van der Waals surface area contributed by atoms with Crippen molar-refractivity contribution in [2.75, 3.05) is 18.6 Å². The highest BCUT2D eigenvalue weighted by Crippen LogP contribution is 2.40. The van der Waals surface area contributed by atoms with Crippen LogP contribution >= 0.6 is 23.5 Å². The summed E-state index contributed by atoms with van der Waals surface area (Å²) in [7, 11) is 0. The number of hydrogen-bond acceptors (Lipinski definition) is 8. The number of carbonyl (C=O) groups is 2. The van der Waals surface area contributed by atoms with Crippen LogP contribution in [0.1, 0.15) is 58.6 Å². The Kier molecular flexibility index (Phi) is 10.2. The quantitative estimate of drug-likeness (QED) is 0.191. The van der Waals surface area contributed by atoms with Crippen molar-refractivity contribution in [1.29, 1.82) is 0 Å². The summed E-state index contributed by atoms with van der Waals surface area (Å²) in [5.74, 6) is -0.592. The van der Waals surface area contributed by atoms with E-state index >= 15 is 0 Å². The summed E-state index contributed by atoms with van der Waals surface area (Å²) < 4.78 is 5.60. The van der Waals surface area contributed by atoms with Crippen LogP contribution in [0.2, 0.25) is 0 Å². The van der Waals surface area contributed by atoms with Gasteiger partial charge in [-0.1, -0.05) is 6.42 Å². The minimum atomic E-state index is -1.25. The van der Waals surface area contributed by atoms with E-state index in [2.05, 4.69) is 4.99 Å². The number of unbranched alkanes of at least 4 members (excludes halogenated alkanes) is 2. The number of nitro groups is 1. The first kappa shape index (κ1) is 28.7. The highest BCUT2D eigenvalue weighted by Gasteiger charge is 2.48. The third kappa shape index (κ3) is 7.45. The van der Waals surface area contributed by atoms with Gasteiger partial charge in [0.25, 0.3) is 5.69 Å². The van der Waals surface area contributed by atoms with E-state index in [1.165, 1.54) is 40.6 Å². The van der Waals surface area contributed by atoms with Crippen LogP contribution in [-0.4, -0.2) is 61.5 Å². The Balaban J connectivity index is 2.69. The maximum absolute atomic E-state index is 13.4. The molecule has 12 heteroatoms. The molecule has 0 radical (unpaired) electrons. The van der Waals surface area contributed by atoms with Crippen molar-refractivity contribution in [3.05, 3.63) is 45.1 Å². The molecule has 0 spiro atoms. The topological polar surface area (TPSA) is 144 Å². The van der Waals surface area contributed by atoms with E-state index in [9.17, 15) is 24.8 Å². The van der Waals surface area contributed by atoms with Gasteiger partial charge in [-0.15, -0.1) is 16.7 Å². The lowest BCUT2D eigenvalue weighted by Crippen LogP contribution is -2.77. The van der Waals surface area contributed by atoms with E-state index < -0.39 is 28.6 Å². The van der Waals surface area contributed by atoms with E-state index in [4.69, 9.17) is 9.84 Å². The number of hydrogen-bond donors (Lipinski definition) is 3. The summed E-state index contributed by atoms with van der Waals surface area (Å²) in [5, 5.41) is 31.1. The van der Waals surface area contributed by atoms with Gasteiger partial charge in [0.05, 0.1) is 4.92 Å². The Morgan fingerprint density at radius 2 is 1.94 bits per heavy atom. The van der Waals surface area contributed by atoms with Gasteiger partial charge in [0, 0.05) is 29.2 Å². The largest absolute Gasteiger partial charge is 0.508 e. The second-order valence-corrected chi connectivity index (χ2v) is 10.8. The summed E-state index contributed by atoms with van der Waals surface area (Å²) >= 11 is 2.63. The van der Waals surface area contributed by atoms with E-state index in [-0.39, 0.29) is 17.9 Å². The van der Waals surface area contributed by atoms with Crippen molar-refractivity contribution in [3.63, 3.8) is 0 Å². The van der Waals surface area contributed by atoms with E-state index in [1.54, 1.807) is 40.0 Å². The highest BCUT2D eigenvalue weighted by molar-refractivity contribution is 8.12. The molecule has 0 aromatic heterocycles. The Labute approximate surface area is 213 Å². The minimum absolute atomic E-state index is 0.101. The van der Waals surface area contributed by atoms with Crippen molar-refractivity contribution in [2.24, 2.45) is 0 Å². The fourth-order valence-electron chi connectivity index (χ4n) is 3.53. The zero-order valence-corrected chi connectivity index (χ0v) is 22.1. The normalized spacial score (nSPS) is 16.2. The Morgan fingerprint density at radius 1 is 1.26 bits per heavy atom. The molecule has 0 saturated heterocycles. The molecule has 35 heavy (non-hydrogen) atoms. The molecule has 1 atom stereocenters. The lowest BCUT2D eigenvalue weighted by molar-refractivity contribution is -0.405. The molecule has 2 rings (SSSR count). The summed E-state index contributed by atoms with van der Waals surface area (Å²) in [5.41, 5.74) is -0.492. The molecule has 10 nitrogen and oxygen atoms in total. The molecule has 0 aliphatic carbocycles. The predicted octanol–water partition coefficient (Wildman–Crippen LogP) is 3.30. The Bertz CT molecular complexity index is 1030. The second-order valence-electron chi connectivity index (χ2n) is 8.84. The average Bonchev–Trinajstić information content (AvgIpc) is 2.76. The molecule has 1 aliphatic heterocycles. The van der Waals surface area contributed by atoms with Crippen LogP contribution in [0.5, 0.6) is 0 Å². The first-order chi connectivity index (χ1) is 16.4. The smallest absolute Gasteiger partial charge is 0.478 e. The lowest BCUT2D eigenvalue weighted by atomic mass is 9.94. The van der Waals surface area contributed by atoms with Gasteiger partial charge < -0.3 is 14.9 Å². The number of amides is 1. The molecule has 1 aromatic rings. The first-order valence-corrected chi connectivity index (χ1v) is 13.3. The van der Waals surface area contributed by atoms with Crippen molar-refractivity contribution >= 4 is 46.4 Å². The van der Waals surface area contributed by atoms with Crippen LogP contribution in [0.15, 0.2) is 34.4 Å². The fraction of sp³-hybridized carbons (Fsp3) is 0.522. The summed E-state index contributed by atoms with van der Waals surface area (Å²) in [4.78, 5) is 41.6. The van der Waals surface area contributed by atoms with Gasteiger partial charge in [0.1, 0.15) is 16.9 Å². The van der Waals surface area contributed by atoms with E-state index in [0.717, 1.165) is 12.8 Å². The number of rotatable bonds is 9. The zero-order chi connectivity index (χ0) is 26.3. The summed E-state index contributed by atoms with van der Waals surface area (Å²) in [6.07, 6.45) is 3.25. The number of nitro benzene ring substituents is 1. The molecule has 192 valence electrons. The average molecular weight is 527 g/mol. The van der Waals surface area contributed by atoms with Gasteiger partial charge >= 0.3 is 17.2 Å². The number of thioether (sulfide) groups is 2. The number of aliphatic carboxylic acids is 1. The van der Waals surface area contributed by atoms with Crippen LogP contribution in [0.25, 0.3) is 0 Å². The zero-order valence-electron chi connectivity index (χ0n) is 20.5. The molecular weight excluding hydrogens is 494 g/mol. The molecule has 1 aliphatic rings. The van der Waals surface area contributed by atoms with Gasteiger partial charge in [-0.3, -0.25) is 10.1 Å². The molecule has 1 heterocycles. The van der Waals surface area contributed by atoms with E-state index in [0.29, 0.717) is 33.5 Å².